The lowest BCUT2D eigenvalue weighted by molar-refractivity contribution is 0.0688. The van der Waals surface area contributed by atoms with Gasteiger partial charge < -0.3 is 15.6 Å². The molecule has 0 fully saturated rings. The molecule has 6 nitrogen and oxygen atoms in total. The van der Waals surface area contributed by atoms with Crippen LogP contribution in [0.2, 0.25) is 0 Å². The third-order valence-electron chi connectivity index (χ3n) is 6.82. The first kappa shape index (κ1) is 25.5. The minimum absolute atomic E-state index is 0.0253. The maximum Gasteiger partial charge on any atom is 0.354 e. The summed E-state index contributed by atoms with van der Waals surface area (Å²) in [5, 5.41) is 12.1. The van der Waals surface area contributed by atoms with Crippen molar-refractivity contribution in [1.82, 2.24) is 4.40 Å². The van der Waals surface area contributed by atoms with Crippen LogP contribution < -0.4 is 16.0 Å². The summed E-state index contributed by atoms with van der Waals surface area (Å²) in [4.78, 5) is 25.8. The molecule has 38 heavy (non-hydrogen) atoms. The molecule has 2 heterocycles. The molecule has 0 bridgehead atoms. The normalized spacial score (nSPS) is 11.3. The van der Waals surface area contributed by atoms with Gasteiger partial charge in [-0.15, -0.1) is 11.3 Å². The molecule has 0 aliphatic carbocycles. The fourth-order valence-corrected chi connectivity index (χ4v) is 6.24. The third kappa shape index (κ3) is 4.77. The van der Waals surface area contributed by atoms with Crippen LogP contribution in [0.25, 0.3) is 26.7 Å². The van der Waals surface area contributed by atoms with Crippen LogP contribution in [0.5, 0.6) is 5.75 Å². The van der Waals surface area contributed by atoms with Crippen LogP contribution in [0.15, 0.2) is 71.5 Å². The average molecular weight is 527 g/mol. The molecule has 0 aliphatic rings. The van der Waals surface area contributed by atoms with Crippen molar-refractivity contribution < 1.29 is 14.6 Å². The molecule has 0 atom stereocenters. The summed E-state index contributed by atoms with van der Waals surface area (Å²) in [6.45, 7) is 4.97. The Labute approximate surface area is 224 Å². The minimum atomic E-state index is -1.14. The van der Waals surface area contributed by atoms with Crippen molar-refractivity contribution in [2.24, 2.45) is 0 Å². The van der Waals surface area contributed by atoms with Gasteiger partial charge in [0.25, 0.3) is 5.56 Å². The van der Waals surface area contributed by atoms with E-state index in [1.807, 2.05) is 24.3 Å². The first-order valence-electron chi connectivity index (χ1n) is 12.8. The lowest BCUT2D eigenvalue weighted by Gasteiger charge is -2.16. The van der Waals surface area contributed by atoms with Gasteiger partial charge in [0.1, 0.15) is 16.3 Å². The smallest absolute Gasteiger partial charge is 0.354 e. The number of rotatable bonds is 9. The summed E-state index contributed by atoms with van der Waals surface area (Å²) in [6.07, 6.45) is 3.75. The number of fused-ring (bicyclic) bond motifs is 2. The molecule has 3 N–H and O–H groups in total. The van der Waals surface area contributed by atoms with Crippen molar-refractivity contribution in [1.29, 1.82) is 0 Å². The second-order valence-corrected chi connectivity index (χ2v) is 10.6. The number of nitrogens with zero attached hydrogens (tertiary/aromatic N) is 1. The number of ether oxygens (including phenoxy) is 1. The van der Waals surface area contributed by atoms with Gasteiger partial charge in [-0.05, 0) is 64.6 Å². The number of unbranched alkanes of at least 4 members (excludes halogenated alkanes) is 2. The van der Waals surface area contributed by atoms with Crippen molar-refractivity contribution in [3.05, 3.63) is 98.8 Å². The maximum atomic E-state index is 12.5. The predicted octanol–water partition coefficient (Wildman–Crippen LogP) is 6.93. The van der Waals surface area contributed by atoms with Gasteiger partial charge in [0.05, 0.1) is 12.3 Å². The SMILES string of the molecule is CCCCCOc1ccc(-c2c(C)cc(Cc3sc4c(N)ccc(=O)n4c3C(=O)O)c3ccccc23)cc1. The van der Waals surface area contributed by atoms with Gasteiger partial charge in [-0.2, -0.15) is 0 Å². The first-order valence-corrected chi connectivity index (χ1v) is 13.6. The van der Waals surface area contributed by atoms with Gasteiger partial charge in [-0.1, -0.05) is 62.2 Å². The van der Waals surface area contributed by atoms with Crippen molar-refractivity contribution in [3.8, 4) is 16.9 Å². The molecule has 0 saturated carbocycles. The van der Waals surface area contributed by atoms with E-state index in [-0.39, 0.29) is 5.69 Å². The minimum Gasteiger partial charge on any atom is -0.494 e. The molecule has 0 saturated heterocycles. The number of hydrogen-bond donors (Lipinski definition) is 2. The Hall–Kier alpha value is -4.10. The van der Waals surface area contributed by atoms with Gasteiger partial charge in [-0.25, -0.2) is 4.79 Å². The fourth-order valence-electron chi connectivity index (χ4n) is 5.04. The summed E-state index contributed by atoms with van der Waals surface area (Å²) in [7, 11) is 0. The quantitative estimate of drug-likeness (QED) is 0.203. The van der Waals surface area contributed by atoms with Crippen molar-refractivity contribution >= 4 is 38.6 Å². The van der Waals surface area contributed by atoms with Crippen LogP contribution in [0, 0.1) is 6.92 Å². The number of anilines is 1. The highest BCUT2D eigenvalue weighted by Crippen LogP contribution is 2.37. The number of carboxylic acids is 1. The number of nitrogens with two attached hydrogens (primary N) is 1. The lowest BCUT2D eigenvalue weighted by atomic mass is 9.89. The molecular formula is C31H30N2O4S. The second kappa shape index (κ2) is 10.7. The Morgan fingerprint density at radius 3 is 2.47 bits per heavy atom. The average Bonchev–Trinajstić information content (AvgIpc) is 3.30. The van der Waals surface area contributed by atoms with E-state index in [1.165, 1.54) is 27.9 Å². The summed E-state index contributed by atoms with van der Waals surface area (Å²) >= 11 is 1.26. The molecule has 0 amide bonds. The molecule has 7 heteroatoms. The molecule has 0 unspecified atom stereocenters. The summed E-state index contributed by atoms with van der Waals surface area (Å²) < 4.78 is 7.11. The summed E-state index contributed by atoms with van der Waals surface area (Å²) in [5.41, 5.74) is 10.4. The molecule has 5 aromatic rings. The largest absolute Gasteiger partial charge is 0.494 e. The number of pyridine rings is 1. The molecule has 194 valence electrons. The van der Waals surface area contributed by atoms with E-state index in [2.05, 4.69) is 44.2 Å². The van der Waals surface area contributed by atoms with Gasteiger partial charge in [-0.3, -0.25) is 9.20 Å². The van der Waals surface area contributed by atoms with E-state index in [0.29, 0.717) is 21.8 Å². The monoisotopic (exact) mass is 526 g/mol. The van der Waals surface area contributed by atoms with Gasteiger partial charge >= 0.3 is 5.97 Å². The zero-order valence-electron chi connectivity index (χ0n) is 21.5. The zero-order valence-corrected chi connectivity index (χ0v) is 22.3. The maximum absolute atomic E-state index is 12.5. The Kier molecular flexibility index (Phi) is 7.20. The Morgan fingerprint density at radius 1 is 1.03 bits per heavy atom. The summed E-state index contributed by atoms with van der Waals surface area (Å²) in [6, 6.07) is 21.3. The molecular weight excluding hydrogens is 496 g/mol. The van der Waals surface area contributed by atoms with E-state index < -0.39 is 11.5 Å². The first-order chi connectivity index (χ1) is 18.4. The van der Waals surface area contributed by atoms with E-state index in [9.17, 15) is 14.7 Å². The van der Waals surface area contributed by atoms with E-state index in [1.54, 1.807) is 0 Å². The highest BCUT2D eigenvalue weighted by molar-refractivity contribution is 7.18. The van der Waals surface area contributed by atoms with Crippen LogP contribution in [-0.4, -0.2) is 22.1 Å². The van der Waals surface area contributed by atoms with Crippen LogP contribution >= 0.6 is 11.3 Å². The molecule has 0 spiro atoms. The van der Waals surface area contributed by atoms with Gasteiger partial charge in [0.15, 0.2) is 0 Å². The second-order valence-electron chi connectivity index (χ2n) is 9.48. The van der Waals surface area contributed by atoms with Crippen LogP contribution in [0.3, 0.4) is 0 Å². The van der Waals surface area contributed by atoms with E-state index in [4.69, 9.17) is 10.5 Å². The van der Waals surface area contributed by atoms with Gasteiger partial charge in [0, 0.05) is 17.4 Å². The third-order valence-corrected chi connectivity index (χ3v) is 8.02. The number of hydrogen-bond acceptors (Lipinski definition) is 5. The number of carbonyl (C=O) groups is 1. The number of carboxylic acid groups (broad SMARTS) is 1. The van der Waals surface area contributed by atoms with Crippen LogP contribution in [0.4, 0.5) is 5.69 Å². The standard InChI is InChI=1S/C31H30N2O4S/c1-3-4-7-16-37-22-12-10-20(11-13-22)28-19(2)17-21(23-8-5-6-9-24(23)28)18-26-29(31(35)36)33-27(34)15-14-25(32)30(33)38-26/h5-6,8-15,17H,3-4,7,16,18,32H2,1-2H3,(H,35,36). The fraction of sp³-hybridized carbons (Fsp3) is 0.226. The lowest BCUT2D eigenvalue weighted by Crippen LogP contribution is -2.18. The van der Waals surface area contributed by atoms with Gasteiger partial charge in [0.2, 0.25) is 0 Å². The number of benzene rings is 3. The van der Waals surface area contributed by atoms with Crippen molar-refractivity contribution in [2.75, 3.05) is 12.3 Å². The number of nitrogen functional groups attached to an aromatic ring is 1. The Balaban J connectivity index is 1.56. The number of aromatic nitrogens is 1. The highest BCUT2D eigenvalue weighted by Gasteiger charge is 2.22. The molecule has 5 rings (SSSR count). The Morgan fingerprint density at radius 2 is 1.76 bits per heavy atom. The molecule has 0 aliphatic heterocycles. The molecule has 0 radical (unpaired) electrons. The number of thiazole rings is 1. The highest BCUT2D eigenvalue weighted by atomic mass is 32.1. The molecule has 2 aromatic heterocycles. The van der Waals surface area contributed by atoms with Crippen molar-refractivity contribution in [3.63, 3.8) is 0 Å². The number of aryl methyl sites for hydroxylation is 1. The topological polar surface area (TPSA) is 94.0 Å². The van der Waals surface area contributed by atoms with E-state index >= 15 is 0 Å². The Bertz CT molecular complexity index is 1700. The summed E-state index contributed by atoms with van der Waals surface area (Å²) in [5.74, 6) is -0.280. The zero-order chi connectivity index (χ0) is 26.8. The van der Waals surface area contributed by atoms with Crippen molar-refractivity contribution in [2.45, 2.75) is 39.5 Å². The predicted molar refractivity (Wildman–Crippen MR) is 155 cm³/mol. The van der Waals surface area contributed by atoms with E-state index in [0.717, 1.165) is 64.6 Å². The molecule has 3 aromatic carbocycles. The van der Waals surface area contributed by atoms with Crippen LogP contribution in [-0.2, 0) is 6.42 Å². The van der Waals surface area contributed by atoms with Crippen LogP contribution in [0.1, 0.15) is 52.7 Å². The number of aromatic carboxylic acids is 1.